The van der Waals surface area contributed by atoms with Crippen molar-refractivity contribution in [2.75, 3.05) is 0 Å². The standard InChI is InChI=1S/C23H19NO4/c1-15-10-20-18(13-22(25)28-21(20)11-16(15)2)14-27-23(26)17-6-5-7-19(12-17)24-8-3-4-9-24/h3-13H,14H2,1-2H3. The molecule has 0 atom stereocenters. The molecule has 5 nitrogen and oxygen atoms in total. The lowest BCUT2D eigenvalue weighted by Gasteiger charge is -2.10. The summed E-state index contributed by atoms with van der Waals surface area (Å²) in [4.78, 5) is 24.4. The van der Waals surface area contributed by atoms with Crippen molar-refractivity contribution < 1.29 is 13.9 Å². The van der Waals surface area contributed by atoms with Gasteiger partial charge in [0.15, 0.2) is 0 Å². The van der Waals surface area contributed by atoms with Crippen LogP contribution >= 0.6 is 0 Å². The quantitative estimate of drug-likeness (QED) is 0.389. The van der Waals surface area contributed by atoms with Crippen LogP contribution in [0.3, 0.4) is 0 Å². The van der Waals surface area contributed by atoms with Gasteiger partial charge in [0.2, 0.25) is 0 Å². The van der Waals surface area contributed by atoms with Crippen LogP contribution in [0.15, 0.2) is 76.2 Å². The van der Waals surface area contributed by atoms with Gasteiger partial charge in [-0.25, -0.2) is 9.59 Å². The van der Waals surface area contributed by atoms with E-state index in [1.807, 2.05) is 67.2 Å². The van der Waals surface area contributed by atoms with Crippen LogP contribution in [0.2, 0.25) is 0 Å². The minimum absolute atomic E-state index is 0.00280. The summed E-state index contributed by atoms with van der Waals surface area (Å²) >= 11 is 0. The molecule has 140 valence electrons. The first kappa shape index (κ1) is 17.8. The maximum atomic E-state index is 12.5. The fraction of sp³-hybridized carbons (Fsp3) is 0.130. The molecule has 2 aromatic heterocycles. The molecule has 0 spiro atoms. The molecular weight excluding hydrogens is 354 g/mol. The van der Waals surface area contributed by atoms with Crippen molar-refractivity contribution in [2.24, 2.45) is 0 Å². The fourth-order valence-electron chi connectivity index (χ4n) is 3.13. The van der Waals surface area contributed by atoms with E-state index >= 15 is 0 Å². The molecule has 0 saturated heterocycles. The Hall–Kier alpha value is -3.60. The summed E-state index contributed by atoms with van der Waals surface area (Å²) in [7, 11) is 0. The average Bonchev–Trinajstić information content (AvgIpc) is 3.22. The van der Waals surface area contributed by atoms with Gasteiger partial charge < -0.3 is 13.7 Å². The fourth-order valence-corrected chi connectivity index (χ4v) is 3.13. The molecule has 0 aliphatic heterocycles. The SMILES string of the molecule is Cc1cc2oc(=O)cc(COC(=O)c3cccc(-n4cccc4)c3)c2cc1C. The van der Waals surface area contributed by atoms with Gasteiger partial charge in [0.1, 0.15) is 12.2 Å². The maximum absolute atomic E-state index is 12.5. The molecule has 0 amide bonds. The highest BCUT2D eigenvalue weighted by atomic mass is 16.5. The summed E-state index contributed by atoms with van der Waals surface area (Å²) in [5, 5.41) is 0.775. The molecule has 5 heteroatoms. The molecule has 2 aromatic carbocycles. The highest BCUT2D eigenvalue weighted by Crippen LogP contribution is 2.22. The number of carbonyl (C=O) groups excluding carboxylic acids is 1. The Labute approximate surface area is 161 Å². The third-order valence-corrected chi connectivity index (χ3v) is 4.79. The van der Waals surface area contributed by atoms with Crippen LogP contribution in [0.5, 0.6) is 0 Å². The van der Waals surface area contributed by atoms with Gasteiger partial charge in [-0.15, -0.1) is 0 Å². The minimum atomic E-state index is -0.462. The predicted octanol–water partition coefficient (Wildman–Crippen LogP) is 4.56. The lowest BCUT2D eigenvalue weighted by atomic mass is 10.0. The Kier molecular flexibility index (Phi) is 4.57. The monoisotopic (exact) mass is 373 g/mol. The molecule has 0 N–H and O–H groups in total. The molecular formula is C23H19NO4. The zero-order valence-electron chi connectivity index (χ0n) is 15.6. The number of rotatable bonds is 4. The second kappa shape index (κ2) is 7.19. The number of ether oxygens (including phenoxy) is 1. The second-order valence-corrected chi connectivity index (χ2v) is 6.74. The summed E-state index contributed by atoms with van der Waals surface area (Å²) in [6.07, 6.45) is 3.81. The maximum Gasteiger partial charge on any atom is 0.338 e. The van der Waals surface area contributed by atoms with Crippen LogP contribution in [0, 0.1) is 13.8 Å². The number of fused-ring (bicyclic) bond motifs is 1. The molecule has 4 rings (SSSR count). The Morgan fingerprint density at radius 2 is 1.75 bits per heavy atom. The molecule has 2 heterocycles. The lowest BCUT2D eigenvalue weighted by Crippen LogP contribution is -2.08. The van der Waals surface area contributed by atoms with Crippen LogP contribution in [-0.4, -0.2) is 10.5 Å². The average molecular weight is 373 g/mol. The van der Waals surface area contributed by atoms with Crippen LogP contribution in [0.25, 0.3) is 16.7 Å². The van der Waals surface area contributed by atoms with E-state index in [2.05, 4.69) is 0 Å². The summed E-state index contributed by atoms with van der Waals surface area (Å²) in [5.41, 5.74) is 4.10. The van der Waals surface area contributed by atoms with E-state index in [4.69, 9.17) is 9.15 Å². The summed E-state index contributed by atoms with van der Waals surface area (Å²) < 4.78 is 12.7. The Morgan fingerprint density at radius 3 is 2.54 bits per heavy atom. The van der Waals surface area contributed by atoms with Gasteiger partial charge in [0.05, 0.1) is 5.56 Å². The van der Waals surface area contributed by atoms with Gasteiger partial charge in [0.25, 0.3) is 0 Å². The number of aryl methyl sites for hydroxylation is 2. The molecule has 0 saturated carbocycles. The molecule has 0 aliphatic rings. The van der Waals surface area contributed by atoms with Crippen LogP contribution < -0.4 is 5.63 Å². The van der Waals surface area contributed by atoms with Crippen molar-refractivity contribution in [3.05, 3.63) is 99.7 Å². The van der Waals surface area contributed by atoms with Crippen molar-refractivity contribution >= 4 is 16.9 Å². The molecule has 0 bridgehead atoms. The van der Waals surface area contributed by atoms with Gasteiger partial charge in [-0.1, -0.05) is 6.07 Å². The first-order valence-corrected chi connectivity index (χ1v) is 8.96. The third-order valence-electron chi connectivity index (χ3n) is 4.79. The van der Waals surface area contributed by atoms with Crippen molar-refractivity contribution in [1.82, 2.24) is 4.57 Å². The van der Waals surface area contributed by atoms with Crippen molar-refractivity contribution in [3.8, 4) is 5.69 Å². The molecule has 0 aliphatic carbocycles. The van der Waals surface area contributed by atoms with E-state index in [9.17, 15) is 9.59 Å². The topological polar surface area (TPSA) is 61.4 Å². The van der Waals surface area contributed by atoms with E-state index < -0.39 is 11.6 Å². The number of hydrogen-bond donors (Lipinski definition) is 0. The molecule has 0 fully saturated rings. The summed E-state index contributed by atoms with van der Waals surface area (Å²) in [5.74, 6) is -0.445. The van der Waals surface area contributed by atoms with Crippen LogP contribution in [-0.2, 0) is 11.3 Å². The molecule has 28 heavy (non-hydrogen) atoms. The first-order chi connectivity index (χ1) is 13.5. The summed E-state index contributed by atoms with van der Waals surface area (Å²) in [6.45, 7) is 3.94. The Morgan fingerprint density at radius 1 is 1.00 bits per heavy atom. The Bertz CT molecular complexity index is 1220. The second-order valence-electron chi connectivity index (χ2n) is 6.74. The van der Waals surface area contributed by atoms with Gasteiger partial charge in [-0.3, -0.25) is 0 Å². The van der Waals surface area contributed by atoms with Gasteiger partial charge in [-0.2, -0.15) is 0 Å². The van der Waals surface area contributed by atoms with Crippen LogP contribution in [0.1, 0.15) is 27.0 Å². The van der Waals surface area contributed by atoms with Gasteiger partial charge in [0, 0.05) is 35.1 Å². The number of carbonyl (C=O) groups is 1. The highest BCUT2D eigenvalue weighted by molar-refractivity contribution is 5.90. The number of nitrogens with zero attached hydrogens (tertiary/aromatic N) is 1. The van der Waals surface area contributed by atoms with E-state index in [0.29, 0.717) is 16.7 Å². The van der Waals surface area contributed by atoms with E-state index in [-0.39, 0.29) is 6.61 Å². The largest absolute Gasteiger partial charge is 0.457 e. The van der Waals surface area contributed by atoms with E-state index in [0.717, 1.165) is 22.2 Å². The number of aromatic nitrogens is 1. The van der Waals surface area contributed by atoms with E-state index in [1.54, 1.807) is 12.1 Å². The van der Waals surface area contributed by atoms with E-state index in [1.165, 1.54) is 6.07 Å². The Balaban J connectivity index is 1.60. The smallest absolute Gasteiger partial charge is 0.338 e. The van der Waals surface area contributed by atoms with Gasteiger partial charge in [-0.05, 0) is 67.4 Å². The van der Waals surface area contributed by atoms with Crippen molar-refractivity contribution in [2.45, 2.75) is 20.5 Å². The van der Waals surface area contributed by atoms with Crippen molar-refractivity contribution in [3.63, 3.8) is 0 Å². The number of benzene rings is 2. The highest BCUT2D eigenvalue weighted by Gasteiger charge is 2.12. The molecule has 0 unspecified atom stereocenters. The summed E-state index contributed by atoms with van der Waals surface area (Å²) in [6, 6.07) is 16.2. The van der Waals surface area contributed by atoms with Crippen LogP contribution in [0.4, 0.5) is 0 Å². The minimum Gasteiger partial charge on any atom is -0.457 e. The number of esters is 1. The zero-order valence-corrected chi connectivity index (χ0v) is 15.6. The third kappa shape index (κ3) is 3.47. The van der Waals surface area contributed by atoms with Crippen molar-refractivity contribution in [1.29, 1.82) is 0 Å². The lowest BCUT2D eigenvalue weighted by molar-refractivity contribution is 0.0474. The predicted molar refractivity (Wildman–Crippen MR) is 107 cm³/mol. The first-order valence-electron chi connectivity index (χ1n) is 8.96. The zero-order chi connectivity index (χ0) is 19.7. The molecule has 4 aromatic rings. The normalized spacial score (nSPS) is 10.9. The number of hydrogen-bond acceptors (Lipinski definition) is 4. The molecule has 0 radical (unpaired) electrons. The van der Waals surface area contributed by atoms with Gasteiger partial charge >= 0.3 is 11.6 Å².